The van der Waals surface area contributed by atoms with Gasteiger partial charge < -0.3 is 122 Å². The average Bonchev–Trinajstić information content (AvgIpc) is 3.42. The number of carbonyl (C=O) groups excluding carboxylic acids is 6. The van der Waals surface area contributed by atoms with Gasteiger partial charge in [0.25, 0.3) is 0 Å². The Balaban J connectivity index is -0.000000194. The number of rotatable bonds is 10. The van der Waals surface area contributed by atoms with E-state index < -0.39 is 35.8 Å². The first-order valence-corrected chi connectivity index (χ1v) is 26.8. The average molecular weight is 1070 g/mol. The van der Waals surface area contributed by atoms with Gasteiger partial charge in [-0.2, -0.15) is 0 Å². The van der Waals surface area contributed by atoms with Crippen molar-refractivity contribution in [1.29, 1.82) is 0 Å². The van der Waals surface area contributed by atoms with E-state index in [-0.39, 0.29) is 39.1 Å². The topological polar surface area (TPSA) is 407 Å². The fourth-order valence-electron chi connectivity index (χ4n) is 7.26. The Hall–Kier alpha value is -5.76. The molecule has 4 fully saturated rings. The van der Waals surface area contributed by atoms with E-state index in [9.17, 15) is 59.4 Å². The number of hydrogen-bond donors (Lipinski definition) is 6. The summed E-state index contributed by atoms with van der Waals surface area (Å²) in [6.45, 7) is 14.6. The number of aromatic carboxylic acids is 6. The number of quaternary nitrogens is 6. The highest BCUT2D eigenvalue weighted by molar-refractivity contribution is 5.91. The van der Waals surface area contributed by atoms with Gasteiger partial charge in [0.2, 0.25) is 0 Å². The summed E-state index contributed by atoms with van der Waals surface area (Å²) in [6.07, 6.45) is 31.8. The molecule has 18 N–H and O–H groups in total. The van der Waals surface area contributed by atoms with Crippen LogP contribution in [0.25, 0.3) is 0 Å². The molecule has 0 aliphatic heterocycles. The third kappa shape index (κ3) is 39.6. The molecule has 0 unspecified atom stereocenters. The molecule has 76 heavy (non-hydrogen) atoms. The van der Waals surface area contributed by atoms with Gasteiger partial charge >= 0.3 is 5.71 Å². The first-order valence-electron chi connectivity index (χ1n) is 26.8. The molecule has 7 rings (SSSR count). The molecule has 0 amide bonds. The smallest absolute Gasteiger partial charge is 0.545 e. The minimum atomic E-state index is -1.33. The van der Waals surface area contributed by atoms with Crippen molar-refractivity contribution >= 4 is 35.8 Å². The van der Waals surface area contributed by atoms with Crippen LogP contribution in [0, 0.1) is 27.7 Å². The van der Waals surface area contributed by atoms with Crippen molar-refractivity contribution in [3.63, 3.8) is 0 Å². The zero-order chi connectivity index (χ0) is 57.8. The lowest BCUT2D eigenvalue weighted by Crippen LogP contribution is -2.61. The Labute approximate surface area is 458 Å². The molecule has 4 saturated carbocycles. The summed E-state index contributed by atoms with van der Waals surface area (Å²) < 4.78 is 0. The van der Waals surface area contributed by atoms with Gasteiger partial charge in [-0.1, -0.05) is 98.5 Å². The van der Waals surface area contributed by atoms with E-state index in [2.05, 4.69) is 62.1 Å². The Morgan fingerprint density at radius 2 is 0.447 bits per heavy atom. The molecule has 430 valence electrons. The Bertz CT molecular complexity index is 1660. The number of hydrogen-bond acceptors (Lipinski definition) is 12. The lowest BCUT2D eigenvalue weighted by atomic mass is 9.97. The predicted molar refractivity (Wildman–Crippen MR) is 282 cm³/mol. The zero-order valence-corrected chi connectivity index (χ0v) is 45.3. The molecule has 0 atom stereocenters. The predicted octanol–water partition coefficient (Wildman–Crippen LogP) is -1.97. The largest absolute Gasteiger partial charge is 1.00 e. The van der Waals surface area contributed by atoms with E-state index in [4.69, 9.17) is 0 Å². The molecule has 0 saturated heterocycles. The van der Waals surface area contributed by atoms with Crippen LogP contribution in [0.2, 0.25) is 0 Å². The molecule has 18 heteroatoms. The van der Waals surface area contributed by atoms with Crippen LogP contribution in [0.1, 0.15) is 222 Å². The van der Waals surface area contributed by atoms with Crippen LogP contribution < -0.4 is 65.0 Å². The molecule has 0 bridgehead atoms. The molecule has 4 aliphatic rings. The maximum Gasteiger partial charge on any atom is 1.00 e. The van der Waals surface area contributed by atoms with Crippen LogP contribution in [0.3, 0.4) is 0 Å². The van der Waals surface area contributed by atoms with Gasteiger partial charge in [-0.05, 0) is 136 Å². The van der Waals surface area contributed by atoms with Crippen molar-refractivity contribution in [3.8, 4) is 0 Å². The van der Waals surface area contributed by atoms with Crippen LogP contribution in [-0.4, -0.2) is 72.1 Å². The molecular formula is C58H96N6O12. The minimum Gasteiger partial charge on any atom is -0.545 e. The van der Waals surface area contributed by atoms with Gasteiger partial charge in [-0.15, -0.1) is 25.7 Å². The summed E-state index contributed by atoms with van der Waals surface area (Å²) in [7, 11) is 0. The van der Waals surface area contributed by atoms with Crippen molar-refractivity contribution in [2.24, 2.45) is 0 Å². The van der Waals surface area contributed by atoms with Crippen LogP contribution in [0.4, 0.5) is 0 Å². The second-order valence-electron chi connectivity index (χ2n) is 19.4. The first-order chi connectivity index (χ1) is 36.0. The molecule has 18 nitrogen and oxygen atoms in total. The number of carboxylic acids is 6. The van der Waals surface area contributed by atoms with Crippen molar-refractivity contribution in [2.45, 2.75) is 190 Å². The van der Waals surface area contributed by atoms with E-state index in [1.807, 2.05) is 0 Å². The number of carbonyl (C=O) groups is 6. The molecule has 0 heterocycles. The maximum absolute atomic E-state index is 10.2. The molecular weight excluding hydrogens is 973 g/mol. The van der Waals surface area contributed by atoms with Gasteiger partial charge in [0.05, 0.1) is 60.0 Å². The van der Waals surface area contributed by atoms with E-state index in [0.717, 1.165) is 123 Å². The number of benzene rings is 3. The van der Waals surface area contributed by atoms with E-state index in [1.54, 1.807) is 0 Å². The summed E-state index contributed by atoms with van der Waals surface area (Å²) >= 11 is 0. The van der Waals surface area contributed by atoms with E-state index in [0.29, 0.717) is 12.1 Å². The standard InChI is InChI=1S/3C8H6O4.4C6H13N.2C5H11N/c3*9-7(10)5-1-2-6(4-3-5)8(11)12;4*7-6-4-2-1-3-5-6;2*1-3-5(6)4-2/h3*1-4H,(H,9,10)(H,11,12);4*6H,1-5,7H2;2*5H,1-4,6H2/q;;;;;;;2*-2/p+4. The van der Waals surface area contributed by atoms with Crippen molar-refractivity contribution < 1.29 is 99.5 Å². The highest BCUT2D eigenvalue weighted by atomic mass is 16.4. The monoisotopic (exact) mass is 1070 g/mol. The van der Waals surface area contributed by atoms with Crippen LogP contribution in [0.5, 0.6) is 0 Å². The lowest BCUT2D eigenvalue weighted by Gasteiger charge is -2.12. The van der Waals surface area contributed by atoms with Gasteiger partial charge in [0, 0.05) is 12.1 Å². The van der Waals surface area contributed by atoms with Gasteiger partial charge in [0.15, 0.2) is 0 Å². The second kappa shape index (κ2) is 45.4. The minimum absolute atomic E-state index is 0. The number of carboxylic acid groups (broad SMARTS) is 6. The summed E-state index contributed by atoms with van der Waals surface area (Å²) in [4.78, 5) is 61.2. The summed E-state index contributed by atoms with van der Waals surface area (Å²) in [5.41, 5.74) is 23.2. The fourth-order valence-corrected chi connectivity index (χ4v) is 7.26. The van der Waals surface area contributed by atoms with Gasteiger partial charge in [-0.25, -0.2) is 0 Å². The summed E-state index contributed by atoms with van der Waals surface area (Å²) in [5, 5.41) is 61.2. The SMILES string of the molecule is O=C([O-])c1ccc(C(=O)[O-])cc1.O=C([O-])c1ccc(C(=O)[O-])cc1.O=C([O-])c1ccc(C(=O)[O-])cc1.[CH2-]CC([NH3+])C[CH2-].[CH2-]CC([NH3+])C[CH2-].[H+].[H+].[H+].[H+].[NH3+]C1CCCCC1.[NH3+]C1CCCCC1.[NH3+]C1CCCCC1.[NH3+]C1CCCCC1. The van der Waals surface area contributed by atoms with E-state index in [1.165, 1.54) is 128 Å². The van der Waals surface area contributed by atoms with Crippen molar-refractivity contribution in [2.75, 3.05) is 0 Å². The maximum atomic E-state index is 10.2. The Kier molecular flexibility index (Phi) is 43.2. The quantitative estimate of drug-likeness (QED) is 0.120. The van der Waals surface area contributed by atoms with E-state index >= 15 is 0 Å². The van der Waals surface area contributed by atoms with Crippen molar-refractivity contribution in [3.05, 3.63) is 134 Å². The van der Waals surface area contributed by atoms with Crippen LogP contribution in [-0.2, 0) is 0 Å². The Morgan fingerprint density at radius 3 is 0.500 bits per heavy atom. The molecule has 0 spiro atoms. The summed E-state index contributed by atoms with van der Waals surface area (Å²) in [5.74, 6) is -8.00. The van der Waals surface area contributed by atoms with Crippen LogP contribution >= 0.6 is 0 Å². The highest BCUT2D eigenvalue weighted by Crippen LogP contribution is 2.16. The zero-order valence-electron chi connectivity index (χ0n) is 49.3. The first kappa shape index (κ1) is 72.3. The molecule has 4 aliphatic carbocycles. The van der Waals surface area contributed by atoms with Crippen molar-refractivity contribution in [1.82, 2.24) is 0 Å². The fraction of sp³-hybridized carbons (Fsp3) is 0.517. The lowest BCUT2D eigenvalue weighted by molar-refractivity contribution is -0.425. The van der Waals surface area contributed by atoms with Gasteiger partial charge in [0.1, 0.15) is 0 Å². The molecule has 0 radical (unpaired) electrons. The summed E-state index contributed by atoms with van der Waals surface area (Å²) in [6, 6.07) is 17.9. The third-order valence-electron chi connectivity index (χ3n) is 12.6. The molecule has 3 aromatic carbocycles. The van der Waals surface area contributed by atoms with Gasteiger partial charge in [-0.3, -0.25) is 0 Å². The normalized spacial score (nSPS) is 15.3. The Morgan fingerprint density at radius 1 is 0.329 bits per heavy atom. The highest BCUT2D eigenvalue weighted by Gasteiger charge is 2.12. The van der Waals surface area contributed by atoms with Crippen LogP contribution in [0.15, 0.2) is 72.8 Å². The second-order valence-corrected chi connectivity index (χ2v) is 19.4. The molecule has 3 aromatic rings. The molecule has 0 aromatic heterocycles. The third-order valence-corrected chi connectivity index (χ3v) is 12.6.